The molecule has 0 spiro atoms. The van der Waals surface area contributed by atoms with E-state index >= 15 is 0 Å². The minimum absolute atomic E-state index is 0.235. The zero-order chi connectivity index (χ0) is 14.0. The highest BCUT2D eigenvalue weighted by Crippen LogP contribution is 2.33. The van der Waals surface area contributed by atoms with Gasteiger partial charge in [0.2, 0.25) is 0 Å². The van der Waals surface area contributed by atoms with E-state index in [0.29, 0.717) is 18.7 Å². The summed E-state index contributed by atoms with van der Waals surface area (Å²) in [5.41, 5.74) is 5.59. The summed E-state index contributed by atoms with van der Waals surface area (Å²) < 4.78 is 43.8. The molecule has 6 heteroatoms. The van der Waals surface area contributed by atoms with Crippen molar-refractivity contribution in [3.05, 3.63) is 35.4 Å². The molecule has 0 amide bonds. The molecule has 2 unspecified atom stereocenters. The summed E-state index contributed by atoms with van der Waals surface area (Å²) in [6.07, 6.45) is -4.61. The minimum Gasteiger partial charge on any atom is -0.374 e. The molecule has 0 saturated carbocycles. The first-order valence-corrected chi connectivity index (χ1v) is 6.12. The van der Waals surface area contributed by atoms with Gasteiger partial charge in [-0.1, -0.05) is 12.1 Å². The number of halogens is 3. The number of hydrogen-bond donors (Lipinski definition) is 1. The molecule has 106 valence electrons. The second-order valence-corrected chi connectivity index (χ2v) is 4.69. The Labute approximate surface area is 110 Å². The maximum atomic E-state index is 12.7. The first kappa shape index (κ1) is 14.3. The van der Waals surface area contributed by atoms with Gasteiger partial charge in [-0.2, -0.15) is 13.2 Å². The Balaban J connectivity index is 2.33. The fourth-order valence-electron chi connectivity index (χ4n) is 2.43. The highest BCUT2D eigenvalue weighted by Gasteiger charge is 2.34. The van der Waals surface area contributed by atoms with Crippen molar-refractivity contribution >= 4 is 0 Å². The Morgan fingerprint density at radius 1 is 1.42 bits per heavy atom. The van der Waals surface area contributed by atoms with Gasteiger partial charge in [0, 0.05) is 13.1 Å². The van der Waals surface area contributed by atoms with Crippen LogP contribution < -0.4 is 5.73 Å². The predicted molar refractivity (Wildman–Crippen MR) is 65.6 cm³/mol. The zero-order valence-corrected chi connectivity index (χ0v) is 10.7. The molecule has 1 aliphatic rings. The number of hydrogen-bond acceptors (Lipinski definition) is 3. The van der Waals surface area contributed by atoms with Gasteiger partial charge in [0.1, 0.15) is 0 Å². The molecule has 2 N–H and O–H groups in total. The third-order valence-electron chi connectivity index (χ3n) is 3.39. The van der Waals surface area contributed by atoms with Crippen LogP contribution >= 0.6 is 0 Å². The molecule has 2 rings (SSSR count). The van der Waals surface area contributed by atoms with E-state index in [1.165, 1.54) is 12.1 Å². The number of likely N-dealkylation sites (N-methyl/N-ethyl adjacent to an activating group) is 1. The maximum Gasteiger partial charge on any atom is 0.416 e. The summed E-state index contributed by atoms with van der Waals surface area (Å²) >= 11 is 0. The van der Waals surface area contributed by atoms with Crippen molar-refractivity contribution in [3.63, 3.8) is 0 Å². The van der Waals surface area contributed by atoms with E-state index in [0.717, 1.165) is 6.07 Å². The van der Waals surface area contributed by atoms with Crippen molar-refractivity contribution in [3.8, 4) is 0 Å². The van der Waals surface area contributed by atoms with Crippen molar-refractivity contribution < 1.29 is 17.9 Å². The van der Waals surface area contributed by atoms with Gasteiger partial charge in [-0.3, -0.25) is 4.90 Å². The molecule has 0 radical (unpaired) electrons. The van der Waals surface area contributed by atoms with Gasteiger partial charge in [0.05, 0.1) is 24.3 Å². The molecule has 1 aromatic rings. The Hall–Kier alpha value is -1.11. The molecule has 1 aromatic carbocycles. The Morgan fingerprint density at radius 3 is 2.79 bits per heavy atom. The summed E-state index contributed by atoms with van der Waals surface area (Å²) in [5.74, 6) is 0. The zero-order valence-electron chi connectivity index (χ0n) is 10.7. The highest BCUT2D eigenvalue weighted by molar-refractivity contribution is 5.29. The van der Waals surface area contributed by atoms with Crippen molar-refractivity contribution in [2.24, 2.45) is 5.73 Å². The summed E-state index contributed by atoms with van der Waals surface area (Å²) in [6.45, 7) is 1.51. The van der Waals surface area contributed by atoms with Crippen LogP contribution in [0, 0.1) is 0 Å². The van der Waals surface area contributed by atoms with Crippen LogP contribution in [0.2, 0.25) is 0 Å². The molecule has 2 atom stereocenters. The van der Waals surface area contributed by atoms with Gasteiger partial charge in [-0.25, -0.2) is 0 Å². The number of morpholine rings is 1. The van der Waals surface area contributed by atoms with Crippen LogP contribution in [0.3, 0.4) is 0 Å². The normalized spacial score (nSPS) is 25.5. The van der Waals surface area contributed by atoms with Crippen LogP contribution in [0.25, 0.3) is 0 Å². The lowest BCUT2D eigenvalue weighted by molar-refractivity contribution is -0.137. The summed E-state index contributed by atoms with van der Waals surface area (Å²) in [6, 6.07) is 5.13. The molecule has 1 aliphatic heterocycles. The van der Waals surface area contributed by atoms with Crippen molar-refractivity contribution in [1.82, 2.24) is 4.90 Å². The molecule has 1 saturated heterocycles. The van der Waals surface area contributed by atoms with E-state index in [9.17, 15) is 13.2 Å². The standard InChI is InChI=1S/C13H17F3N2O/c1-18-5-6-19-11(8-17)12(18)9-3-2-4-10(7-9)13(14,15)16/h2-4,7,11-12H,5-6,8,17H2,1H3. The summed E-state index contributed by atoms with van der Waals surface area (Å²) in [5, 5.41) is 0. The lowest BCUT2D eigenvalue weighted by atomic mass is 9.96. The number of benzene rings is 1. The van der Waals surface area contributed by atoms with Crippen molar-refractivity contribution in [2.75, 3.05) is 26.7 Å². The van der Waals surface area contributed by atoms with Crippen LogP contribution in [0.4, 0.5) is 13.2 Å². The molecule has 0 bridgehead atoms. The first-order valence-electron chi connectivity index (χ1n) is 6.12. The van der Waals surface area contributed by atoms with Crippen molar-refractivity contribution in [1.29, 1.82) is 0 Å². The molecule has 0 aliphatic carbocycles. The van der Waals surface area contributed by atoms with Crippen LogP contribution in [0.15, 0.2) is 24.3 Å². The van der Waals surface area contributed by atoms with E-state index in [1.807, 2.05) is 11.9 Å². The second-order valence-electron chi connectivity index (χ2n) is 4.69. The molecule has 3 nitrogen and oxygen atoms in total. The van der Waals surface area contributed by atoms with Crippen LogP contribution in [-0.2, 0) is 10.9 Å². The minimum atomic E-state index is -4.33. The number of ether oxygens (including phenoxy) is 1. The maximum absolute atomic E-state index is 12.7. The van der Waals surface area contributed by atoms with E-state index in [2.05, 4.69) is 0 Å². The first-order chi connectivity index (χ1) is 8.93. The van der Waals surface area contributed by atoms with E-state index in [-0.39, 0.29) is 18.7 Å². The molecule has 19 heavy (non-hydrogen) atoms. The lowest BCUT2D eigenvalue weighted by Crippen LogP contribution is -2.46. The van der Waals surface area contributed by atoms with Crippen LogP contribution in [0.1, 0.15) is 17.2 Å². The SMILES string of the molecule is CN1CCOC(CN)C1c1cccc(C(F)(F)F)c1. The third-order valence-corrected chi connectivity index (χ3v) is 3.39. The number of nitrogens with two attached hydrogens (primary N) is 1. The van der Waals surface area contributed by atoms with Gasteiger partial charge in [-0.05, 0) is 24.7 Å². The number of rotatable bonds is 2. The third kappa shape index (κ3) is 3.08. The second kappa shape index (κ2) is 5.48. The van der Waals surface area contributed by atoms with Gasteiger partial charge in [0.15, 0.2) is 0 Å². The fourth-order valence-corrected chi connectivity index (χ4v) is 2.43. The van der Waals surface area contributed by atoms with Gasteiger partial charge < -0.3 is 10.5 Å². The summed E-state index contributed by atoms with van der Waals surface area (Å²) in [7, 11) is 1.87. The molecule has 0 aromatic heterocycles. The molecule has 1 heterocycles. The summed E-state index contributed by atoms with van der Waals surface area (Å²) in [4.78, 5) is 1.98. The highest BCUT2D eigenvalue weighted by atomic mass is 19.4. The van der Waals surface area contributed by atoms with Crippen LogP contribution in [-0.4, -0.2) is 37.7 Å². The Morgan fingerprint density at radius 2 is 2.16 bits per heavy atom. The quantitative estimate of drug-likeness (QED) is 0.897. The monoisotopic (exact) mass is 274 g/mol. The van der Waals surface area contributed by atoms with E-state index < -0.39 is 11.7 Å². The van der Waals surface area contributed by atoms with Gasteiger partial charge >= 0.3 is 6.18 Å². The fraction of sp³-hybridized carbons (Fsp3) is 0.538. The Kier molecular flexibility index (Phi) is 4.13. The van der Waals surface area contributed by atoms with Gasteiger partial charge in [-0.15, -0.1) is 0 Å². The van der Waals surface area contributed by atoms with Gasteiger partial charge in [0.25, 0.3) is 0 Å². The smallest absolute Gasteiger partial charge is 0.374 e. The topological polar surface area (TPSA) is 38.5 Å². The molecular formula is C13H17F3N2O. The average Bonchev–Trinajstić information content (AvgIpc) is 2.37. The lowest BCUT2D eigenvalue weighted by Gasteiger charge is -2.39. The average molecular weight is 274 g/mol. The predicted octanol–water partition coefficient (Wildman–Crippen LogP) is 2.04. The van der Waals surface area contributed by atoms with E-state index in [4.69, 9.17) is 10.5 Å². The largest absolute Gasteiger partial charge is 0.416 e. The Bertz CT molecular complexity index is 436. The van der Waals surface area contributed by atoms with Crippen molar-refractivity contribution in [2.45, 2.75) is 18.3 Å². The van der Waals surface area contributed by atoms with Crippen LogP contribution in [0.5, 0.6) is 0 Å². The number of nitrogens with zero attached hydrogens (tertiary/aromatic N) is 1. The van der Waals surface area contributed by atoms with E-state index in [1.54, 1.807) is 6.07 Å². The number of alkyl halides is 3. The molecule has 1 fully saturated rings. The molecular weight excluding hydrogens is 257 g/mol.